The molecule has 0 radical (unpaired) electrons. The van der Waals surface area contributed by atoms with Gasteiger partial charge in [0.2, 0.25) is 0 Å². The van der Waals surface area contributed by atoms with Crippen molar-refractivity contribution in [3.8, 4) is 11.1 Å². The highest BCUT2D eigenvalue weighted by Crippen LogP contribution is 2.51. The maximum absolute atomic E-state index is 13.2. The van der Waals surface area contributed by atoms with Crippen molar-refractivity contribution in [2.24, 2.45) is 11.8 Å². The number of Topliss-reactive ketones (excluding diaryl/α,β-unsaturated/α-hetero) is 1. The van der Waals surface area contributed by atoms with Crippen LogP contribution >= 0.6 is 11.6 Å². The zero-order valence-corrected chi connectivity index (χ0v) is 15.6. The van der Waals surface area contributed by atoms with E-state index in [1.165, 1.54) is 0 Å². The topological polar surface area (TPSA) is 46.5 Å². The van der Waals surface area contributed by atoms with Gasteiger partial charge in [-0.15, -0.1) is 0 Å². The molecule has 4 heteroatoms. The van der Waals surface area contributed by atoms with Crippen molar-refractivity contribution in [1.29, 1.82) is 0 Å². The lowest BCUT2D eigenvalue weighted by molar-refractivity contribution is -0.118. The molecule has 2 aromatic carbocycles. The Morgan fingerprint density at radius 3 is 2.33 bits per heavy atom. The molecule has 3 aliphatic rings. The summed E-state index contributed by atoms with van der Waals surface area (Å²) in [7, 11) is 0. The standard InChI is InChI=1S/C23H19ClO3/c1-2-12-3-4-14(13-5-7-15(24)8-6-13)11-16(12)19-22(25)20-17-9-10-18(27-17)21(20)23(19)26/h3-11,17-18,20-21,25H,2H2,1H3/t17-,18?,20-,21+/m1/s1. The third kappa shape index (κ3) is 2.42. The van der Waals surface area contributed by atoms with Crippen LogP contribution in [0.2, 0.25) is 5.02 Å². The van der Waals surface area contributed by atoms with E-state index in [1.54, 1.807) is 0 Å². The molecule has 1 N–H and O–H groups in total. The molecule has 1 fully saturated rings. The fraction of sp³-hybridized carbons (Fsp3) is 0.261. The summed E-state index contributed by atoms with van der Waals surface area (Å²) >= 11 is 6.00. The molecule has 136 valence electrons. The predicted octanol–water partition coefficient (Wildman–Crippen LogP) is 4.99. The number of aryl methyl sites for hydroxylation is 1. The molecule has 27 heavy (non-hydrogen) atoms. The summed E-state index contributed by atoms with van der Waals surface area (Å²) in [5.41, 5.74) is 4.39. The van der Waals surface area contributed by atoms with Gasteiger partial charge in [0.1, 0.15) is 5.76 Å². The fourth-order valence-electron chi connectivity index (χ4n) is 4.62. The van der Waals surface area contributed by atoms with Crippen LogP contribution in [-0.4, -0.2) is 23.1 Å². The summed E-state index contributed by atoms with van der Waals surface area (Å²) in [6, 6.07) is 13.7. The first kappa shape index (κ1) is 16.8. The van der Waals surface area contributed by atoms with Crippen LogP contribution in [0.25, 0.3) is 16.7 Å². The number of rotatable bonds is 3. The number of halogens is 1. The van der Waals surface area contributed by atoms with Crippen molar-refractivity contribution in [2.75, 3.05) is 0 Å². The number of fused-ring (bicyclic) bond motifs is 5. The van der Waals surface area contributed by atoms with Gasteiger partial charge in [0.15, 0.2) is 5.78 Å². The predicted molar refractivity (Wildman–Crippen MR) is 106 cm³/mol. The number of hydrogen-bond acceptors (Lipinski definition) is 3. The second-order valence-electron chi connectivity index (χ2n) is 7.36. The van der Waals surface area contributed by atoms with Crippen molar-refractivity contribution in [2.45, 2.75) is 25.6 Å². The van der Waals surface area contributed by atoms with Gasteiger partial charge in [-0.1, -0.05) is 54.9 Å². The van der Waals surface area contributed by atoms with Gasteiger partial charge in [0, 0.05) is 5.02 Å². The molecule has 0 spiro atoms. The number of ketones is 1. The summed E-state index contributed by atoms with van der Waals surface area (Å²) in [6.45, 7) is 2.06. The monoisotopic (exact) mass is 378 g/mol. The van der Waals surface area contributed by atoms with E-state index in [0.717, 1.165) is 28.7 Å². The number of carbonyl (C=O) groups excluding carboxylic acids is 1. The Hall–Kier alpha value is -2.36. The molecule has 0 aromatic heterocycles. The summed E-state index contributed by atoms with van der Waals surface area (Å²) in [6.07, 6.45) is 4.30. The minimum absolute atomic E-state index is 0.00249. The van der Waals surface area contributed by atoms with Crippen LogP contribution in [-0.2, 0) is 16.0 Å². The Bertz CT molecular complexity index is 1000. The lowest BCUT2D eigenvalue weighted by Gasteiger charge is -2.15. The van der Waals surface area contributed by atoms with Gasteiger partial charge >= 0.3 is 0 Å². The Labute approximate surface area is 162 Å². The van der Waals surface area contributed by atoms with E-state index < -0.39 is 0 Å². The molecule has 2 heterocycles. The van der Waals surface area contributed by atoms with Crippen molar-refractivity contribution in [1.82, 2.24) is 0 Å². The van der Waals surface area contributed by atoms with Gasteiger partial charge in [0.05, 0.1) is 29.6 Å². The van der Waals surface area contributed by atoms with Crippen LogP contribution in [0.15, 0.2) is 60.4 Å². The normalized spacial score (nSPS) is 28.3. The second kappa shape index (κ2) is 6.08. The van der Waals surface area contributed by atoms with Crippen molar-refractivity contribution < 1.29 is 14.6 Å². The van der Waals surface area contributed by atoms with Crippen LogP contribution in [0.4, 0.5) is 0 Å². The van der Waals surface area contributed by atoms with Crippen molar-refractivity contribution in [3.63, 3.8) is 0 Å². The molecule has 0 saturated carbocycles. The SMILES string of the molecule is CCc1ccc(-c2ccc(Cl)cc2)cc1C1=C(O)[C@@H]2[C@H]3C=CC(O3)[C@@H]2C1=O. The number of aliphatic hydroxyl groups is 1. The van der Waals surface area contributed by atoms with Crippen molar-refractivity contribution >= 4 is 23.0 Å². The molecule has 1 unspecified atom stereocenters. The molecule has 0 amide bonds. The van der Waals surface area contributed by atoms with Gasteiger partial charge in [0.25, 0.3) is 0 Å². The van der Waals surface area contributed by atoms with E-state index in [0.29, 0.717) is 10.6 Å². The zero-order chi connectivity index (χ0) is 18.7. The quantitative estimate of drug-likeness (QED) is 0.765. The van der Waals surface area contributed by atoms with Crippen LogP contribution in [0.1, 0.15) is 18.1 Å². The number of hydrogen-bond donors (Lipinski definition) is 1. The maximum Gasteiger partial charge on any atom is 0.173 e. The molecule has 5 rings (SSSR count). The average Bonchev–Trinajstić information content (AvgIpc) is 3.36. The fourth-order valence-corrected chi connectivity index (χ4v) is 4.74. The number of benzene rings is 2. The number of carbonyl (C=O) groups is 1. The third-order valence-electron chi connectivity index (χ3n) is 5.96. The number of allylic oxidation sites excluding steroid dienone is 1. The first-order chi connectivity index (χ1) is 13.1. The number of ether oxygens (including phenoxy) is 1. The molecule has 2 aliphatic heterocycles. The highest BCUT2D eigenvalue weighted by atomic mass is 35.5. The van der Waals surface area contributed by atoms with E-state index >= 15 is 0 Å². The molecule has 1 aliphatic carbocycles. The van der Waals surface area contributed by atoms with Crippen molar-refractivity contribution in [3.05, 3.63) is 76.5 Å². The second-order valence-corrected chi connectivity index (χ2v) is 7.80. The lowest BCUT2D eigenvalue weighted by Crippen LogP contribution is -2.26. The Kier molecular flexibility index (Phi) is 3.78. The zero-order valence-electron chi connectivity index (χ0n) is 14.9. The molecular formula is C23H19ClO3. The van der Waals surface area contributed by atoms with E-state index in [2.05, 4.69) is 13.0 Å². The summed E-state index contributed by atoms with van der Waals surface area (Å²) in [4.78, 5) is 13.2. The van der Waals surface area contributed by atoms with Gasteiger partial charge < -0.3 is 9.84 Å². The first-order valence-electron chi connectivity index (χ1n) is 9.29. The maximum atomic E-state index is 13.2. The highest BCUT2D eigenvalue weighted by molar-refractivity contribution is 6.30. The van der Waals surface area contributed by atoms with Crippen LogP contribution in [0.3, 0.4) is 0 Å². The molecular weight excluding hydrogens is 360 g/mol. The van der Waals surface area contributed by atoms with Crippen LogP contribution < -0.4 is 0 Å². The van der Waals surface area contributed by atoms with Gasteiger partial charge in [-0.3, -0.25) is 4.79 Å². The first-order valence-corrected chi connectivity index (χ1v) is 9.66. The molecule has 2 aromatic rings. The molecule has 3 nitrogen and oxygen atoms in total. The Balaban J connectivity index is 1.63. The minimum atomic E-state index is -0.293. The highest BCUT2D eigenvalue weighted by Gasteiger charge is 2.57. The summed E-state index contributed by atoms with van der Waals surface area (Å²) in [5.74, 6) is -0.354. The largest absolute Gasteiger partial charge is 0.511 e. The van der Waals surface area contributed by atoms with E-state index in [1.807, 2.05) is 48.6 Å². The van der Waals surface area contributed by atoms with E-state index in [4.69, 9.17) is 16.3 Å². The smallest absolute Gasteiger partial charge is 0.173 e. The van der Waals surface area contributed by atoms with Crippen LogP contribution in [0, 0.1) is 11.8 Å². The molecule has 1 saturated heterocycles. The van der Waals surface area contributed by atoms with Gasteiger partial charge in [-0.25, -0.2) is 0 Å². The molecule has 2 bridgehead atoms. The lowest BCUT2D eigenvalue weighted by atomic mass is 9.84. The van der Waals surface area contributed by atoms with E-state index in [9.17, 15) is 9.90 Å². The summed E-state index contributed by atoms with van der Waals surface area (Å²) < 4.78 is 5.79. The number of aliphatic hydroxyl groups excluding tert-OH is 1. The van der Waals surface area contributed by atoms with Gasteiger partial charge in [-0.2, -0.15) is 0 Å². The average molecular weight is 379 g/mol. The minimum Gasteiger partial charge on any atom is -0.511 e. The third-order valence-corrected chi connectivity index (χ3v) is 6.21. The summed E-state index contributed by atoms with van der Waals surface area (Å²) in [5, 5.41) is 11.6. The van der Waals surface area contributed by atoms with Crippen LogP contribution in [0.5, 0.6) is 0 Å². The molecule has 4 atom stereocenters. The van der Waals surface area contributed by atoms with Gasteiger partial charge in [-0.05, 0) is 46.9 Å². The Morgan fingerprint density at radius 1 is 1.00 bits per heavy atom. The van der Waals surface area contributed by atoms with E-state index in [-0.39, 0.29) is 35.6 Å². The Morgan fingerprint density at radius 2 is 1.67 bits per heavy atom.